The van der Waals surface area contributed by atoms with E-state index in [-0.39, 0.29) is 12.3 Å². The highest BCUT2D eigenvalue weighted by Gasteiger charge is 2.02. The van der Waals surface area contributed by atoms with Crippen molar-refractivity contribution in [1.82, 2.24) is 0 Å². The largest absolute Gasteiger partial charge is 0.396 e. The average Bonchev–Trinajstić information content (AvgIpc) is 2.24. The molecule has 0 saturated heterocycles. The number of hydrogen-bond acceptors (Lipinski definition) is 5. The van der Waals surface area contributed by atoms with Crippen molar-refractivity contribution in [3.8, 4) is 0 Å². The maximum atomic E-state index is 10.3. The number of aliphatic hydroxyl groups is 1. The van der Waals surface area contributed by atoms with Gasteiger partial charge in [0.1, 0.15) is 0 Å². The second-order valence-electron chi connectivity index (χ2n) is 3.43. The summed E-state index contributed by atoms with van der Waals surface area (Å²) in [4.78, 5) is 9.87. The van der Waals surface area contributed by atoms with Crippen molar-refractivity contribution >= 4 is 25.4 Å². The molecule has 0 heterocycles. The van der Waals surface area contributed by atoms with Crippen molar-refractivity contribution in [2.24, 2.45) is 0 Å². The first-order valence-corrected chi connectivity index (χ1v) is 7.69. The predicted molar refractivity (Wildman–Crippen MR) is 69.2 cm³/mol. The molecule has 0 aliphatic rings. The van der Waals surface area contributed by atoms with Crippen LogP contribution in [0.1, 0.15) is 12.0 Å². The van der Waals surface area contributed by atoms with Crippen molar-refractivity contribution < 1.29 is 18.4 Å². The molecule has 0 radical (unpaired) electrons. The van der Waals surface area contributed by atoms with Crippen molar-refractivity contribution in [2.75, 3.05) is 12.9 Å². The molecule has 0 atom stereocenters. The molecule has 1 aromatic carbocycles. The smallest absolute Gasteiger partial charge is 0.269 e. The van der Waals surface area contributed by atoms with Gasteiger partial charge < -0.3 is 5.11 Å². The highest BCUT2D eigenvalue weighted by molar-refractivity contribution is 8.13. The Labute approximate surface area is 110 Å². The van der Waals surface area contributed by atoms with Crippen molar-refractivity contribution in [3.63, 3.8) is 0 Å². The number of hydrogen-bond donors (Lipinski definition) is 1. The highest BCUT2D eigenvalue weighted by atomic mass is 35.7. The van der Waals surface area contributed by atoms with Crippen molar-refractivity contribution in [3.05, 3.63) is 39.9 Å². The van der Waals surface area contributed by atoms with Gasteiger partial charge in [-0.3, -0.25) is 10.1 Å². The van der Waals surface area contributed by atoms with Gasteiger partial charge in [0.15, 0.2) is 0 Å². The number of nitrogens with zero attached hydrogens (tertiary/aromatic N) is 1. The van der Waals surface area contributed by atoms with Crippen molar-refractivity contribution in [1.29, 1.82) is 0 Å². The molecule has 0 aromatic heterocycles. The monoisotopic (exact) mass is 295 g/mol. The van der Waals surface area contributed by atoms with E-state index in [4.69, 9.17) is 5.11 Å². The summed E-state index contributed by atoms with van der Waals surface area (Å²) in [5.41, 5.74) is 1.12. The normalized spacial score (nSPS) is 10.4. The molecule has 102 valence electrons. The van der Waals surface area contributed by atoms with Gasteiger partial charge in [0.05, 0.1) is 11.2 Å². The quantitative estimate of drug-likeness (QED) is 0.518. The van der Waals surface area contributed by atoms with E-state index in [0.717, 1.165) is 18.2 Å². The molecule has 0 aliphatic heterocycles. The summed E-state index contributed by atoms with van der Waals surface area (Å²) >= 11 is 0. The minimum Gasteiger partial charge on any atom is -0.396 e. The van der Waals surface area contributed by atoms with E-state index >= 15 is 0 Å². The number of halogens is 1. The van der Waals surface area contributed by atoms with E-state index in [1.165, 1.54) is 12.1 Å². The first-order chi connectivity index (χ1) is 8.24. The summed E-state index contributed by atoms with van der Waals surface area (Å²) in [5.74, 6) is 0. The maximum Gasteiger partial charge on any atom is 0.269 e. The summed E-state index contributed by atoms with van der Waals surface area (Å²) in [6, 6.07) is 6.39. The van der Waals surface area contributed by atoms with E-state index < -0.39 is 14.0 Å². The number of aryl methyl sites for hydroxylation is 1. The molecule has 1 rings (SSSR count). The maximum absolute atomic E-state index is 10.3. The van der Waals surface area contributed by atoms with Crippen LogP contribution in [0.4, 0.5) is 5.69 Å². The molecule has 0 aliphatic carbocycles. The van der Waals surface area contributed by atoms with Gasteiger partial charge >= 0.3 is 0 Å². The van der Waals surface area contributed by atoms with E-state index in [9.17, 15) is 18.5 Å². The first-order valence-electron chi connectivity index (χ1n) is 4.98. The van der Waals surface area contributed by atoms with E-state index in [1.807, 2.05) is 0 Å². The van der Waals surface area contributed by atoms with Crippen LogP contribution in [-0.4, -0.2) is 31.3 Å². The van der Waals surface area contributed by atoms with Gasteiger partial charge in [-0.25, -0.2) is 8.42 Å². The van der Waals surface area contributed by atoms with E-state index in [2.05, 4.69) is 10.7 Å². The van der Waals surface area contributed by atoms with Gasteiger partial charge in [-0.05, 0) is 18.4 Å². The topological polar surface area (TPSA) is 97.5 Å². The lowest BCUT2D eigenvalue weighted by Gasteiger charge is -1.97. The first kappa shape index (κ1) is 16.8. The zero-order chi connectivity index (χ0) is 14.2. The number of aliphatic hydroxyl groups excluding tert-OH is 1. The molecule has 8 heteroatoms. The van der Waals surface area contributed by atoms with Gasteiger partial charge in [-0.15, -0.1) is 0 Å². The minimum absolute atomic E-state index is 0.104. The summed E-state index contributed by atoms with van der Waals surface area (Å²) in [6.07, 6.45) is 2.38. The fraction of sp³-hybridized carbons (Fsp3) is 0.400. The van der Waals surface area contributed by atoms with Gasteiger partial charge in [0.2, 0.25) is 9.05 Å². The number of rotatable bonds is 4. The molecule has 0 fully saturated rings. The third kappa shape index (κ3) is 10.0. The fourth-order valence-electron chi connectivity index (χ4n) is 1.07. The van der Waals surface area contributed by atoms with Crippen LogP contribution in [-0.2, 0) is 15.5 Å². The molecule has 0 amide bonds. The predicted octanol–water partition coefficient (Wildman–Crippen LogP) is 1.70. The average molecular weight is 296 g/mol. The van der Waals surface area contributed by atoms with Gasteiger partial charge in [-0.2, -0.15) is 0 Å². The van der Waals surface area contributed by atoms with Gasteiger partial charge in [0.25, 0.3) is 5.69 Å². The number of benzene rings is 1. The Morgan fingerprint density at radius 2 is 1.78 bits per heavy atom. The Hall–Kier alpha value is -1.18. The Kier molecular flexibility index (Phi) is 7.49. The third-order valence-electron chi connectivity index (χ3n) is 1.77. The SMILES string of the molecule is CS(=O)(=O)Cl.O=[N+]([O-])c1ccc(CCCO)cc1. The summed E-state index contributed by atoms with van der Waals surface area (Å²) in [7, 11) is 1.31. The molecule has 0 bridgehead atoms. The van der Waals surface area contributed by atoms with Crippen LogP contribution in [0.25, 0.3) is 0 Å². The molecular formula is C10H14ClNO5S. The molecule has 0 spiro atoms. The lowest BCUT2D eigenvalue weighted by Crippen LogP contribution is -1.91. The van der Waals surface area contributed by atoms with Crippen LogP contribution in [0.15, 0.2) is 24.3 Å². The lowest BCUT2D eigenvalue weighted by atomic mass is 10.1. The lowest BCUT2D eigenvalue weighted by molar-refractivity contribution is -0.384. The van der Waals surface area contributed by atoms with Crippen LogP contribution < -0.4 is 0 Å². The Bertz CT molecular complexity index is 464. The summed E-state index contributed by atoms with van der Waals surface area (Å²) in [6.45, 7) is 0.150. The molecule has 0 unspecified atom stereocenters. The highest BCUT2D eigenvalue weighted by Crippen LogP contribution is 2.12. The third-order valence-corrected chi connectivity index (χ3v) is 1.77. The molecule has 1 N–H and O–H groups in total. The van der Waals surface area contributed by atoms with Gasteiger partial charge in [0, 0.05) is 29.4 Å². The summed E-state index contributed by atoms with van der Waals surface area (Å²) in [5, 5.41) is 18.9. The molecule has 18 heavy (non-hydrogen) atoms. The molecule has 1 aromatic rings. The van der Waals surface area contributed by atoms with Crippen LogP contribution in [0.5, 0.6) is 0 Å². The number of non-ortho nitro benzene ring substituents is 1. The van der Waals surface area contributed by atoms with E-state index in [1.54, 1.807) is 12.1 Å². The second kappa shape index (κ2) is 8.02. The number of nitro groups is 1. The molecular weight excluding hydrogens is 282 g/mol. The standard InChI is InChI=1S/C9H11NO3.CH3ClO2S/c11-7-1-2-8-3-5-9(6-4-8)10(12)13;1-5(2,3)4/h3-6,11H,1-2,7H2;1H3. The molecule has 6 nitrogen and oxygen atoms in total. The van der Waals surface area contributed by atoms with Crippen LogP contribution >= 0.6 is 10.7 Å². The second-order valence-corrected chi connectivity index (χ2v) is 6.48. The number of nitro benzene ring substituents is 1. The summed E-state index contributed by atoms with van der Waals surface area (Å²) < 4.78 is 18.8. The molecule has 0 saturated carbocycles. The van der Waals surface area contributed by atoms with Crippen LogP contribution in [0.3, 0.4) is 0 Å². The van der Waals surface area contributed by atoms with Gasteiger partial charge in [-0.1, -0.05) is 12.1 Å². The zero-order valence-electron chi connectivity index (χ0n) is 9.74. The van der Waals surface area contributed by atoms with Crippen LogP contribution in [0, 0.1) is 10.1 Å². The zero-order valence-corrected chi connectivity index (χ0v) is 11.3. The van der Waals surface area contributed by atoms with Crippen LogP contribution in [0.2, 0.25) is 0 Å². The van der Waals surface area contributed by atoms with Crippen molar-refractivity contribution in [2.45, 2.75) is 12.8 Å². The Balaban J connectivity index is 0.000000494. The Morgan fingerprint density at radius 3 is 2.11 bits per heavy atom. The fourth-order valence-corrected chi connectivity index (χ4v) is 1.07. The Morgan fingerprint density at radius 1 is 1.33 bits per heavy atom. The van der Waals surface area contributed by atoms with E-state index in [0.29, 0.717) is 6.42 Å². The minimum atomic E-state index is -3.19.